The van der Waals surface area contributed by atoms with Crippen LogP contribution in [0.3, 0.4) is 0 Å². The number of para-hydroxylation sites is 1. The summed E-state index contributed by atoms with van der Waals surface area (Å²) in [7, 11) is 0. The number of hydrogen-bond donors (Lipinski definition) is 1. The molecule has 0 saturated carbocycles. The average Bonchev–Trinajstić information content (AvgIpc) is 2.87. The van der Waals surface area contributed by atoms with Gasteiger partial charge in [0.25, 0.3) is 11.8 Å². The molecule has 0 spiro atoms. The first-order valence-corrected chi connectivity index (χ1v) is 6.28. The third-order valence-corrected chi connectivity index (χ3v) is 3.29. The number of aromatic nitrogens is 1. The highest BCUT2D eigenvalue weighted by Gasteiger charge is 2.17. The molecule has 21 heavy (non-hydrogen) atoms. The zero-order valence-corrected chi connectivity index (χ0v) is 10.9. The van der Waals surface area contributed by atoms with Crippen LogP contribution in [0, 0.1) is 5.82 Å². The second-order valence-corrected chi connectivity index (χ2v) is 4.61. The van der Waals surface area contributed by atoms with Gasteiger partial charge in [0.15, 0.2) is 0 Å². The van der Waals surface area contributed by atoms with Crippen molar-refractivity contribution in [1.29, 1.82) is 0 Å². The minimum absolute atomic E-state index is 0.279. The Balaban J connectivity index is 2.18. The molecule has 4 nitrogen and oxygen atoms in total. The maximum absolute atomic E-state index is 12.9. The molecule has 2 N–H and O–H groups in total. The number of hydrogen-bond acceptors (Lipinski definition) is 2. The molecule has 0 fully saturated rings. The smallest absolute Gasteiger partial charge is 0.262 e. The van der Waals surface area contributed by atoms with Gasteiger partial charge in [-0.15, -0.1) is 0 Å². The average molecular weight is 282 g/mol. The summed E-state index contributed by atoms with van der Waals surface area (Å²) < 4.78 is 14.3. The van der Waals surface area contributed by atoms with Crippen LogP contribution in [0.2, 0.25) is 0 Å². The summed E-state index contributed by atoms with van der Waals surface area (Å²) in [5.41, 5.74) is 6.53. The van der Waals surface area contributed by atoms with Crippen LogP contribution in [0.1, 0.15) is 20.7 Å². The quantitative estimate of drug-likeness (QED) is 0.785. The van der Waals surface area contributed by atoms with Gasteiger partial charge in [-0.2, -0.15) is 0 Å². The van der Waals surface area contributed by atoms with Crippen molar-refractivity contribution in [2.24, 2.45) is 5.73 Å². The molecule has 0 saturated heterocycles. The normalized spacial score (nSPS) is 10.7. The van der Waals surface area contributed by atoms with E-state index in [0.29, 0.717) is 16.5 Å². The molecule has 0 unspecified atom stereocenters. The van der Waals surface area contributed by atoms with Gasteiger partial charge in [0.1, 0.15) is 5.82 Å². The number of primary amides is 1. The lowest BCUT2D eigenvalue weighted by Gasteiger charge is -2.03. The molecule has 0 aliphatic heterocycles. The van der Waals surface area contributed by atoms with Gasteiger partial charge in [-0.25, -0.2) is 4.39 Å². The van der Waals surface area contributed by atoms with Crippen molar-refractivity contribution in [3.8, 4) is 0 Å². The number of fused-ring (bicyclic) bond motifs is 1. The van der Waals surface area contributed by atoms with E-state index in [-0.39, 0.29) is 11.5 Å². The van der Waals surface area contributed by atoms with Gasteiger partial charge < -0.3 is 5.73 Å². The van der Waals surface area contributed by atoms with E-state index in [4.69, 9.17) is 5.73 Å². The maximum Gasteiger partial charge on any atom is 0.262 e. The van der Waals surface area contributed by atoms with Crippen molar-refractivity contribution in [1.82, 2.24) is 4.57 Å². The second-order valence-electron chi connectivity index (χ2n) is 4.61. The van der Waals surface area contributed by atoms with Crippen LogP contribution >= 0.6 is 0 Å². The van der Waals surface area contributed by atoms with Gasteiger partial charge in [0.2, 0.25) is 0 Å². The van der Waals surface area contributed by atoms with Gasteiger partial charge in [-0.05, 0) is 30.3 Å². The number of rotatable bonds is 2. The number of nitrogens with two attached hydrogens (primary N) is 1. The maximum atomic E-state index is 12.9. The van der Waals surface area contributed by atoms with Crippen molar-refractivity contribution in [2.45, 2.75) is 0 Å². The molecule has 3 aromatic rings. The van der Waals surface area contributed by atoms with Crippen LogP contribution < -0.4 is 5.73 Å². The van der Waals surface area contributed by atoms with Crippen LogP contribution in [0.15, 0.2) is 54.7 Å². The van der Waals surface area contributed by atoms with E-state index in [1.807, 2.05) is 0 Å². The van der Waals surface area contributed by atoms with Gasteiger partial charge in [0, 0.05) is 17.1 Å². The van der Waals surface area contributed by atoms with E-state index in [1.54, 1.807) is 24.3 Å². The van der Waals surface area contributed by atoms with Crippen LogP contribution in [-0.2, 0) is 0 Å². The van der Waals surface area contributed by atoms with Crippen LogP contribution in [-0.4, -0.2) is 16.4 Å². The fourth-order valence-electron chi connectivity index (χ4n) is 2.28. The van der Waals surface area contributed by atoms with Crippen LogP contribution in [0.25, 0.3) is 10.9 Å². The van der Waals surface area contributed by atoms with Crippen molar-refractivity contribution in [3.63, 3.8) is 0 Å². The Morgan fingerprint density at radius 3 is 2.33 bits per heavy atom. The van der Waals surface area contributed by atoms with E-state index < -0.39 is 11.7 Å². The molecule has 0 aliphatic carbocycles. The Bertz CT molecular complexity index is 850. The Kier molecular flexibility index (Phi) is 3.02. The highest BCUT2D eigenvalue weighted by atomic mass is 19.1. The molecule has 0 radical (unpaired) electrons. The number of benzene rings is 2. The Hall–Kier alpha value is -2.95. The number of carbonyl (C=O) groups excluding carboxylic acids is 2. The lowest BCUT2D eigenvalue weighted by Crippen LogP contribution is -2.12. The van der Waals surface area contributed by atoms with E-state index in [1.165, 1.54) is 35.0 Å². The van der Waals surface area contributed by atoms with Crippen molar-refractivity contribution >= 4 is 22.7 Å². The second kappa shape index (κ2) is 4.86. The molecule has 1 amide bonds. The first kappa shape index (κ1) is 13.1. The first-order valence-electron chi connectivity index (χ1n) is 6.28. The molecule has 5 heteroatoms. The molecule has 2 aromatic carbocycles. The zero-order valence-electron chi connectivity index (χ0n) is 10.9. The fourth-order valence-corrected chi connectivity index (χ4v) is 2.28. The predicted octanol–water partition coefficient (Wildman–Crippen LogP) is 2.57. The molecule has 1 aromatic heterocycles. The number of amides is 1. The van der Waals surface area contributed by atoms with Gasteiger partial charge in [-0.3, -0.25) is 14.2 Å². The highest BCUT2D eigenvalue weighted by Crippen LogP contribution is 2.22. The monoisotopic (exact) mass is 282 g/mol. The van der Waals surface area contributed by atoms with Gasteiger partial charge in [0.05, 0.1) is 11.1 Å². The predicted molar refractivity (Wildman–Crippen MR) is 76.6 cm³/mol. The summed E-state index contributed by atoms with van der Waals surface area (Å²) in [6, 6.07) is 12.2. The Labute approximate surface area is 119 Å². The summed E-state index contributed by atoms with van der Waals surface area (Å²) in [4.78, 5) is 24.0. The summed E-state index contributed by atoms with van der Waals surface area (Å²) in [6.45, 7) is 0. The molecular weight excluding hydrogens is 271 g/mol. The van der Waals surface area contributed by atoms with Crippen LogP contribution in [0.4, 0.5) is 4.39 Å². The van der Waals surface area contributed by atoms with Crippen LogP contribution in [0.5, 0.6) is 0 Å². The molecular formula is C16H11FN2O2. The molecule has 1 heterocycles. The molecule has 0 bridgehead atoms. The highest BCUT2D eigenvalue weighted by molar-refractivity contribution is 6.10. The standard InChI is InChI=1S/C16H11FN2O2/c17-11-7-5-10(6-8-11)16(21)19-9-13(15(18)20)12-3-1-2-4-14(12)19/h1-9H,(H2,18,20). The fraction of sp³-hybridized carbons (Fsp3) is 0. The zero-order chi connectivity index (χ0) is 15.0. The summed E-state index contributed by atoms with van der Waals surface area (Å²) in [6.07, 6.45) is 1.42. The van der Waals surface area contributed by atoms with Crippen molar-refractivity contribution < 1.29 is 14.0 Å². The molecule has 3 rings (SSSR count). The lowest BCUT2D eigenvalue weighted by atomic mass is 10.2. The first-order chi connectivity index (χ1) is 10.1. The topological polar surface area (TPSA) is 65.1 Å². The third kappa shape index (κ3) is 2.18. The van der Waals surface area contributed by atoms with Gasteiger partial charge in [-0.1, -0.05) is 18.2 Å². The number of nitrogens with zero attached hydrogens (tertiary/aromatic N) is 1. The van der Waals surface area contributed by atoms with Gasteiger partial charge >= 0.3 is 0 Å². The third-order valence-electron chi connectivity index (χ3n) is 3.29. The minimum atomic E-state index is -0.600. The summed E-state index contributed by atoms with van der Waals surface area (Å²) in [5, 5.41) is 0.612. The number of carbonyl (C=O) groups is 2. The minimum Gasteiger partial charge on any atom is -0.366 e. The Morgan fingerprint density at radius 2 is 1.67 bits per heavy atom. The molecule has 104 valence electrons. The SMILES string of the molecule is NC(=O)c1cn(C(=O)c2ccc(F)cc2)c2ccccc12. The molecule has 0 atom stereocenters. The lowest BCUT2D eigenvalue weighted by molar-refractivity contribution is 0.0965. The molecule has 0 aliphatic rings. The van der Waals surface area contributed by atoms with E-state index >= 15 is 0 Å². The largest absolute Gasteiger partial charge is 0.366 e. The van der Waals surface area contributed by atoms with Crippen molar-refractivity contribution in [3.05, 3.63) is 71.7 Å². The number of halogens is 1. The van der Waals surface area contributed by atoms with E-state index in [9.17, 15) is 14.0 Å². The summed E-state index contributed by atoms with van der Waals surface area (Å²) >= 11 is 0. The van der Waals surface area contributed by atoms with Crippen molar-refractivity contribution in [2.75, 3.05) is 0 Å². The van der Waals surface area contributed by atoms with E-state index in [2.05, 4.69) is 0 Å². The summed E-state index contributed by atoms with van der Waals surface area (Å²) in [5.74, 6) is -1.36. The van der Waals surface area contributed by atoms with E-state index in [0.717, 1.165) is 0 Å². The Morgan fingerprint density at radius 1 is 1.00 bits per heavy atom.